The first kappa shape index (κ1) is 17.9. The Morgan fingerprint density at radius 1 is 1.33 bits per heavy atom. The fourth-order valence-electron chi connectivity index (χ4n) is 1.59. The Balaban J connectivity index is 0.000000306. The molecule has 0 aliphatic carbocycles. The zero-order chi connectivity index (χ0) is 12.5. The van der Waals surface area contributed by atoms with E-state index in [9.17, 15) is 4.79 Å². The summed E-state index contributed by atoms with van der Waals surface area (Å²) in [5.41, 5.74) is 5.05. The molecule has 0 spiro atoms. The number of hydrogen-bond acceptors (Lipinski definition) is 5. The van der Waals surface area contributed by atoms with Crippen LogP contribution in [0.5, 0.6) is 0 Å². The fraction of sp³-hybridized carbons (Fsp3) is 0.818. The molecule has 0 bridgehead atoms. The van der Waals surface area contributed by atoms with Crippen molar-refractivity contribution >= 4 is 41.8 Å². The van der Waals surface area contributed by atoms with Crippen molar-refractivity contribution in [3.8, 4) is 6.07 Å². The van der Waals surface area contributed by atoms with Crippen LogP contribution < -0.4 is 11.1 Å². The average Bonchev–Trinajstić information content (AvgIpc) is 2.41. The summed E-state index contributed by atoms with van der Waals surface area (Å²) in [6.45, 7) is 0.901. The molecule has 104 valence electrons. The van der Waals surface area contributed by atoms with E-state index in [1.807, 2.05) is 11.8 Å². The van der Waals surface area contributed by atoms with E-state index in [1.54, 1.807) is 11.8 Å². The molecular formula is C11H20ClN3OS2. The molecule has 0 aromatic carbocycles. The molecule has 2 rings (SSSR count). The molecule has 0 saturated carbocycles. The summed E-state index contributed by atoms with van der Waals surface area (Å²) < 4.78 is 0. The molecule has 0 unspecified atom stereocenters. The summed E-state index contributed by atoms with van der Waals surface area (Å²) in [5, 5.41) is 11.5. The zero-order valence-electron chi connectivity index (χ0n) is 10.3. The Labute approximate surface area is 123 Å². The van der Waals surface area contributed by atoms with E-state index < -0.39 is 0 Å². The van der Waals surface area contributed by atoms with Crippen LogP contribution in [0.25, 0.3) is 0 Å². The molecule has 0 aromatic heterocycles. The minimum atomic E-state index is -0.234. The number of thioether (sulfide) groups is 2. The van der Waals surface area contributed by atoms with Crippen molar-refractivity contribution in [2.45, 2.75) is 18.9 Å². The van der Waals surface area contributed by atoms with E-state index in [1.165, 1.54) is 12.2 Å². The highest BCUT2D eigenvalue weighted by Crippen LogP contribution is 2.21. The highest BCUT2D eigenvalue weighted by Gasteiger charge is 2.17. The average molecular weight is 310 g/mol. The van der Waals surface area contributed by atoms with Crippen molar-refractivity contribution in [1.29, 1.82) is 5.26 Å². The summed E-state index contributed by atoms with van der Waals surface area (Å²) in [4.78, 5) is 10.5. The zero-order valence-corrected chi connectivity index (χ0v) is 12.7. The Bertz CT molecular complexity index is 274. The van der Waals surface area contributed by atoms with Crippen molar-refractivity contribution < 1.29 is 4.79 Å². The maximum Gasteiger partial charge on any atom is 0.235 e. The molecule has 2 fully saturated rings. The molecule has 2 heterocycles. The van der Waals surface area contributed by atoms with Gasteiger partial charge >= 0.3 is 0 Å². The highest BCUT2D eigenvalue weighted by molar-refractivity contribution is 7.99. The summed E-state index contributed by atoms with van der Waals surface area (Å²) >= 11 is 3.67. The number of nitrogens with two attached hydrogens (primary N) is 1. The lowest BCUT2D eigenvalue weighted by Gasteiger charge is -2.19. The van der Waals surface area contributed by atoms with Gasteiger partial charge in [0.05, 0.1) is 18.0 Å². The van der Waals surface area contributed by atoms with Gasteiger partial charge in [0.2, 0.25) is 5.91 Å². The predicted molar refractivity (Wildman–Crippen MR) is 81.2 cm³/mol. The van der Waals surface area contributed by atoms with Gasteiger partial charge in [-0.3, -0.25) is 4.79 Å². The van der Waals surface area contributed by atoms with Crippen LogP contribution in [0.2, 0.25) is 0 Å². The van der Waals surface area contributed by atoms with E-state index in [2.05, 4.69) is 11.4 Å². The van der Waals surface area contributed by atoms with Crippen LogP contribution in [0, 0.1) is 17.2 Å². The third-order valence-electron chi connectivity index (χ3n) is 2.61. The van der Waals surface area contributed by atoms with E-state index in [0.717, 1.165) is 30.2 Å². The monoisotopic (exact) mass is 309 g/mol. The van der Waals surface area contributed by atoms with Crippen molar-refractivity contribution in [3.05, 3.63) is 0 Å². The molecule has 4 nitrogen and oxygen atoms in total. The van der Waals surface area contributed by atoms with Gasteiger partial charge in [0.25, 0.3) is 0 Å². The molecule has 2 aliphatic heterocycles. The van der Waals surface area contributed by atoms with Crippen molar-refractivity contribution in [3.63, 3.8) is 0 Å². The van der Waals surface area contributed by atoms with Gasteiger partial charge in [0.15, 0.2) is 0 Å². The van der Waals surface area contributed by atoms with Crippen molar-refractivity contribution in [2.24, 2.45) is 11.7 Å². The number of hydrogen-bond donors (Lipinski definition) is 2. The molecule has 7 heteroatoms. The maximum atomic E-state index is 10.5. The number of rotatable bonds is 1. The van der Waals surface area contributed by atoms with Gasteiger partial charge < -0.3 is 11.1 Å². The molecule has 18 heavy (non-hydrogen) atoms. The highest BCUT2D eigenvalue weighted by atomic mass is 35.5. The van der Waals surface area contributed by atoms with E-state index >= 15 is 0 Å². The second-order valence-electron chi connectivity index (χ2n) is 4.03. The number of halogens is 1. The lowest BCUT2D eigenvalue weighted by Crippen LogP contribution is -2.46. The topological polar surface area (TPSA) is 78.9 Å². The lowest BCUT2D eigenvalue weighted by atomic mass is 10.1. The van der Waals surface area contributed by atoms with Crippen LogP contribution in [0.4, 0.5) is 0 Å². The maximum absolute atomic E-state index is 10.5. The van der Waals surface area contributed by atoms with E-state index in [-0.39, 0.29) is 24.4 Å². The van der Waals surface area contributed by atoms with Crippen LogP contribution >= 0.6 is 35.9 Å². The van der Waals surface area contributed by atoms with Gasteiger partial charge in [-0.2, -0.15) is 28.8 Å². The molecule has 2 aliphatic rings. The first-order chi connectivity index (χ1) is 8.24. The van der Waals surface area contributed by atoms with Gasteiger partial charge in [-0.1, -0.05) is 0 Å². The van der Waals surface area contributed by atoms with E-state index in [0.29, 0.717) is 5.92 Å². The van der Waals surface area contributed by atoms with Crippen molar-refractivity contribution in [2.75, 3.05) is 29.6 Å². The Kier molecular flexibility index (Phi) is 10.7. The van der Waals surface area contributed by atoms with Crippen molar-refractivity contribution in [1.82, 2.24) is 5.32 Å². The van der Waals surface area contributed by atoms with Gasteiger partial charge in [0, 0.05) is 23.8 Å². The van der Waals surface area contributed by atoms with Gasteiger partial charge in [-0.25, -0.2) is 0 Å². The number of amides is 1. The Morgan fingerprint density at radius 3 is 2.39 bits per heavy atom. The summed E-state index contributed by atoms with van der Waals surface area (Å²) in [6.07, 6.45) is 2.37. The smallest absolute Gasteiger partial charge is 0.235 e. The fourth-order valence-corrected chi connectivity index (χ4v) is 3.60. The minimum Gasteiger partial charge on any atom is -0.368 e. The number of carbonyl (C=O) groups excluding carboxylic acids is 1. The van der Waals surface area contributed by atoms with Crippen LogP contribution in [0.15, 0.2) is 0 Å². The Hall–Kier alpha value is -0.0900. The number of nitrogens with one attached hydrogen (secondary N) is 1. The Morgan fingerprint density at radius 2 is 2.06 bits per heavy atom. The van der Waals surface area contributed by atoms with Crippen LogP contribution in [-0.2, 0) is 4.79 Å². The predicted octanol–water partition coefficient (Wildman–Crippen LogP) is 1.25. The molecule has 2 saturated heterocycles. The largest absolute Gasteiger partial charge is 0.368 e. The SMILES string of the molecule is Cl.N#C[C@H]1CCCSC1.NC(=O)[C@@H]1CSCCN1. The van der Waals surface area contributed by atoms with Crippen LogP contribution in [-0.4, -0.2) is 41.5 Å². The number of primary amides is 1. The molecule has 2 atom stereocenters. The molecule has 0 aromatic rings. The lowest BCUT2D eigenvalue weighted by molar-refractivity contribution is -0.119. The van der Waals surface area contributed by atoms with E-state index in [4.69, 9.17) is 11.0 Å². The standard InChI is InChI=1S/C6H9NS.C5H10N2OS.ClH/c7-4-6-2-1-3-8-5-6;6-5(8)4-3-9-2-1-7-4;/h6H,1-3,5H2;4,7H,1-3H2,(H2,6,8);1H/t6-;4-;/m10./s1. The van der Waals surface area contributed by atoms with Gasteiger partial charge in [-0.05, 0) is 18.6 Å². The first-order valence-electron chi connectivity index (χ1n) is 5.82. The summed E-state index contributed by atoms with van der Waals surface area (Å²) in [6, 6.07) is 2.19. The second-order valence-corrected chi connectivity index (χ2v) is 6.33. The van der Waals surface area contributed by atoms with Crippen LogP contribution in [0.3, 0.4) is 0 Å². The first-order valence-corrected chi connectivity index (χ1v) is 8.12. The number of nitrogens with zero attached hydrogens (tertiary/aromatic N) is 1. The molecule has 3 N–H and O–H groups in total. The third kappa shape index (κ3) is 7.37. The summed E-state index contributed by atoms with van der Waals surface area (Å²) in [5.74, 6) is 4.37. The normalized spacial score (nSPS) is 26.8. The second kappa shape index (κ2) is 10.8. The molecule has 0 radical (unpaired) electrons. The minimum absolute atomic E-state index is 0. The number of nitriles is 1. The van der Waals surface area contributed by atoms with Gasteiger partial charge in [-0.15, -0.1) is 12.4 Å². The van der Waals surface area contributed by atoms with Crippen LogP contribution in [0.1, 0.15) is 12.8 Å². The third-order valence-corrected chi connectivity index (χ3v) is 4.89. The summed E-state index contributed by atoms with van der Waals surface area (Å²) in [7, 11) is 0. The quantitative estimate of drug-likeness (QED) is 0.762. The molecule has 1 amide bonds. The molecular weight excluding hydrogens is 290 g/mol. The van der Waals surface area contributed by atoms with Gasteiger partial charge in [0.1, 0.15) is 0 Å². The number of carbonyl (C=O) groups is 1.